The quantitative estimate of drug-likeness (QED) is 0.467. The third-order valence-corrected chi connectivity index (χ3v) is 4.60. The van der Waals surface area contributed by atoms with Crippen LogP contribution in [0.25, 0.3) is 21.8 Å². The fourth-order valence-electron chi connectivity index (χ4n) is 3.20. The number of hydrogen-bond acceptors (Lipinski definition) is 2. The summed E-state index contributed by atoms with van der Waals surface area (Å²) in [6.07, 6.45) is 0.689. The summed E-state index contributed by atoms with van der Waals surface area (Å²) in [6, 6.07) is 16.8. The van der Waals surface area contributed by atoms with Crippen LogP contribution >= 0.6 is 12.2 Å². The van der Waals surface area contributed by atoms with Crippen LogP contribution in [0, 0.1) is 10.6 Å². The Morgan fingerprint density at radius 1 is 1.08 bits per heavy atom. The summed E-state index contributed by atoms with van der Waals surface area (Å²) in [4.78, 5) is 18.3. The molecule has 1 aromatic heterocycles. The fraction of sp³-hybridized carbons (Fsp3) is 0.100. The third-order valence-electron chi connectivity index (χ3n) is 4.39. The van der Waals surface area contributed by atoms with Crippen molar-refractivity contribution in [1.29, 1.82) is 0 Å². The third kappa shape index (κ3) is 3.11. The van der Waals surface area contributed by atoms with Crippen LogP contribution in [0.3, 0.4) is 0 Å². The van der Waals surface area contributed by atoms with Crippen molar-refractivity contribution in [2.45, 2.75) is 6.42 Å². The van der Waals surface area contributed by atoms with Gasteiger partial charge in [0.1, 0.15) is 5.82 Å². The van der Waals surface area contributed by atoms with Crippen molar-refractivity contribution in [3.8, 4) is 0 Å². The molecule has 0 fully saturated rings. The predicted octanol–water partition coefficient (Wildman–Crippen LogP) is 4.49. The second-order valence-electron chi connectivity index (χ2n) is 6.10. The van der Waals surface area contributed by atoms with Gasteiger partial charge in [-0.2, -0.15) is 0 Å². The first kappa shape index (κ1) is 16.5. The zero-order chi connectivity index (χ0) is 18.1. The van der Waals surface area contributed by atoms with Gasteiger partial charge in [-0.15, -0.1) is 0 Å². The summed E-state index contributed by atoms with van der Waals surface area (Å²) in [5.41, 5.74) is 2.40. The second-order valence-corrected chi connectivity index (χ2v) is 6.51. The van der Waals surface area contributed by atoms with E-state index in [0.29, 0.717) is 28.8 Å². The number of nitrogens with one attached hydrogen (secondary N) is 3. The van der Waals surface area contributed by atoms with E-state index in [1.165, 1.54) is 22.9 Å². The lowest BCUT2D eigenvalue weighted by atomic mass is 10.0. The van der Waals surface area contributed by atoms with Crippen molar-refractivity contribution in [1.82, 2.24) is 15.3 Å². The maximum Gasteiger partial charge on any atom is 0.253 e. The number of fused-ring (bicyclic) bond motifs is 2. The molecule has 0 aliphatic heterocycles. The molecule has 1 amide bonds. The van der Waals surface area contributed by atoms with Crippen molar-refractivity contribution in [2.75, 3.05) is 6.54 Å². The zero-order valence-corrected chi connectivity index (χ0v) is 14.6. The van der Waals surface area contributed by atoms with Gasteiger partial charge in [0, 0.05) is 6.54 Å². The van der Waals surface area contributed by atoms with Crippen LogP contribution in [0.2, 0.25) is 0 Å². The molecule has 1 heterocycles. The second kappa shape index (κ2) is 6.72. The Hall–Kier alpha value is -2.99. The Kier molecular flexibility index (Phi) is 4.26. The maximum absolute atomic E-state index is 13.8. The number of aromatic nitrogens is 2. The molecule has 0 saturated carbocycles. The van der Waals surface area contributed by atoms with Gasteiger partial charge in [-0.05, 0) is 47.1 Å². The highest BCUT2D eigenvalue weighted by Gasteiger charge is 2.14. The molecule has 26 heavy (non-hydrogen) atoms. The van der Waals surface area contributed by atoms with E-state index < -0.39 is 5.82 Å². The van der Waals surface area contributed by atoms with Crippen LogP contribution in [0.4, 0.5) is 4.39 Å². The van der Waals surface area contributed by atoms with E-state index in [0.717, 1.165) is 5.56 Å². The first-order chi connectivity index (χ1) is 12.6. The number of amides is 1. The standard InChI is InChI=1S/C20H16FN3OS/c21-14-10-16(18-17(11-14)23-20(26)24-18)19(25)22-9-8-13-6-3-5-12-4-1-2-7-15(12)13/h1-7,10-11H,8-9H2,(H,22,25)(H2,23,24,26). The average Bonchev–Trinajstić information content (AvgIpc) is 3.01. The molecule has 0 bridgehead atoms. The van der Waals surface area contributed by atoms with E-state index in [1.54, 1.807) is 0 Å². The topological polar surface area (TPSA) is 60.7 Å². The van der Waals surface area contributed by atoms with Gasteiger partial charge in [0.25, 0.3) is 5.91 Å². The number of halogens is 1. The van der Waals surface area contributed by atoms with Crippen LogP contribution in [0.15, 0.2) is 54.6 Å². The molecule has 3 N–H and O–H groups in total. The number of rotatable bonds is 4. The molecule has 3 aromatic carbocycles. The van der Waals surface area contributed by atoms with E-state index in [2.05, 4.69) is 39.6 Å². The number of imidazole rings is 1. The lowest BCUT2D eigenvalue weighted by molar-refractivity contribution is 0.0955. The summed E-state index contributed by atoms with van der Waals surface area (Å²) >= 11 is 5.03. The van der Waals surface area contributed by atoms with Gasteiger partial charge in [-0.25, -0.2) is 4.39 Å². The summed E-state index contributed by atoms with van der Waals surface area (Å²) in [5, 5.41) is 5.21. The van der Waals surface area contributed by atoms with Gasteiger partial charge in [-0.1, -0.05) is 42.5 Å². The smallest absolute Gasteiger partial charge is 0.253 e. The molecule has 0 atom stereocenters. The molecule has 4 rings (SSSR count). The van der Waals surface area contributed by atoms with Crippen LogP contribution in [0.5, 0.6) is 0 Å². The van der Waals surface area contributed by atoms with Gasteiger partial charge in [0.2, 0.25) is 0 Å². The minimum atomic E-state index is -0.484. The molecule has 0 unspecified atom stereocenters. The van der Waals surface area contributed by atoms with E-state index in [1.807, 2.05) is 18.2 Å². The number of carbonyl (C=O) groups is 1. The Morgan fingerprint density at radius 2 is 1.88 bits per heavy atom. The number of carbonyl (C=O) groups excluding carboxylic acids is 1. The highest BCUT2D eigenvalue weighted by atomic mass is 32.1. The highest BCUT2D eigenvalue weighted by molar-refractivity contribution is 7.71. The van der Waals surface area contributed by atoms with Crippen LogP contribution in [-0.2, 0) is 6.42 Å². The molecule has 4 aromatic rings. The number of benzene rings is 3. The van der Waals surface area contributed by atoms with E-state index in [9.17, 15) is 9.18 Å². The fourth-order valence-corrected chi connectivity index (χ4v) is 3.41. The molecule has 0 aliphatic carbocycles. The molecular weight excluding hydrogens is 349 g/mol. The van der Waals surface area contributed by atoms with Crippen molar-refractivity contribution < 1.29 is 9.18 Å². The van der Waals surface area contributed by atoms with E-state index in [-0.39, 0.29) is 11.5 Å². The Morgan fingerprint density at radius 3 is 2.77 bits per heavy atom. The van der Waals surface area contributed by atoms with E-state index >= 15 is 0 Å². The summed E-state index contributed by atoms with van der Waals surface area (Å²) < 4.78 is 14.1. The van der Waals surface area contributed by atoms with Crippen molar-refractivity contribution in [2.24, 2.45) is 0 Å². The first-order valence-corrected chi connectivity index (χ1v) is 8.69. The molecule has 0 spiro atoms. The molecule has 6 heteroatoms. The van der Waals surface area contributed by atoms with Crippen molar-refractivity contribution >= 4 is 39.9 Å². The van der Waals surface area contributed by atoms with Crippen LogP contribution < -0.4 is 5.32 Å². The van der Waals surface area contributed by atoms with Gasteiger partial charge in [0.05, 0.1) is 16.6 Å². The lowest BCUT2D eigenvalue weighted by Crippen LogP contribution is -2.26. The number of H-pyrrole nitrogens is 2. The minimum absolute atomic E-state index is 0.241. The summed E-state index contributed by atoms with van der Waals surface area (Å²) in [5.74, 6) is -0.818. The largest absolute Gasteiger partial charge is 0.352 e. The van der Waals surface area contributed by atoms with Crippen molar-refractivity contribution in [3.05, 3.63) is 76.3 Å². The van der Waals surface area contributed by atoms with Crippen LogP contribution in [-0.4, -0.2) is 22.4 Å². The SMILES string of the molecule is O=C(NCCc1cccc2ccccc12)c1cc(F)cc2[nH]c(=S)[nH]c12. The summed E-state index contributed by atoms with van der Waals surface area (Å²) in [7, 11) is 0. The molecule has 4 nitrogen and oxygen atoms in total. The molecule has 0 saturated heterocycles. The Balaban J connectivity index is 1.53. The summed E-state index contributed by atoms with van der Waals surface area (Å²) in [6.45, 7) is 0.454. The normalized spacial score (nSPS) is 11.1. The monoisotopic (exact) mass is 365 g/mol. The zero-order valence-electron chi connectivity index (χ0n) is 13.8. The molecular formula is C20H16FN3OS. The Labute approximate surface area is 154 Å². The Bertz CT molecular complexity index is 1170. The number of hydrogen-bond donors (Lipinski definition) is 3. The first-order valence-electron chi connectivity index (χ1n) is 8.28. The van der Waals surface area contributed by atoms with E-state index in [4.69, 9.17) is 12.2 Å². The van der Waals surface area contributed by atoms with Gasteiger partial charge in [-0.3, -0.25) is 4.79 Å². The maximum atomic E-state index is 13.8. The molecule has 0 radical (unpaired) electrons. The predicted molar refractivity (Wildman–Crippen MR) is 103 cm³/mol. The lowest BCUT2D eigenvalue weighted by Gasteiger charge is -2.09. The molecule has 130 valence electrons. The van der Waals surface area contributed by atoms with Crippen LogP contribution in [0.1, 0.15) is 15.9 Å². The van der Waals surface area contributed by atoms with Gasteiger partial charge in [0.15, 0.2) is 4.77 Å². The van der Waals surface area contributed by atoms with Crippen molar-refractivity contribution in [3.63, 3.8) is 0 Å². The average molecular weight is 365 g/mol. The number of aromatic amines is 2. The molecule has 0 aliphatic rings. The van der Waals surface area contributed by atoms with Gasteiger partial charge < -0.3 is 15.3 Å². The van der Waals surface area contributed by atoms with Gasteiger partial charge >= 0.3 is 0 Å². The minimum Gasteiger partial charge on any atom is -0.352 e. The highest BCUT2D eigenvalue weighted by Crippen LogP contribution is 2.20.